The summed E-state index contributed by atoms with van der Waals surface area (Å²) >= 11 is 0. The highest BCUT2D eigenvalue weighted by Gasteiger charge is 2.24. The summed E-state index contributed by atoms with van der Waals surface area (Å²) in [6.45, 7) is 6.54. The van der Waals surface area contributed by atoms with E-state index in [-0.39, 0.29) is 5.91 Å². The number of aliphatic hydroxyl groups is 1. The van der Waals surface area contributed by atoms with Gasteiger partial charge in [0.1, 0.15) is 11.5 Å². The smallest absolute Gasteiger partial charge is 0.246 e. The Morgan fingerprint density at radius 2 is 2.20 bits per heavy atom. The lowest BCUT2D eigenvalue weighted by Crippen LogP contribution is -2.36. The van der Waals surface area contributed by atoms with Crippen LogP contribution in [0, 0.1) is 0 Å². The van der Waals surface area contributed by atoms with Crippen molar-refractivity contribution >= 4 is 5.91 Å². The van der Waals surface area contributed by atoms with Gasteiger partial charge in [0.2, 0.25) is 5.91 Å². The summed E-state index contributed by atoms with van der Waals surface area (Å²) in [5.74, 6) is 1.52. The van der Waals surface area contributed by atoms with Crippen molar-refractivity contribution in [1.82, 2.24) is 20.0 Å². The molecule has 1 atom stereocenters. The summed E-state index contributed by atoms with van der Waals surface area (Å²) in [5.41, 5.74) is 1.79. The number of amides is 1. The first kappa shape index (κ1) is 17.4. The van der Waals surface area contributed by atoms with Crippen LogP contribution in [0.15, 0.2) is 40.5 Å². The number of rotatable bonds is 4. The molecule has 1 aliphatic heterocycles. The number of aliphatic hydroxyl groups excluding tert-OH is 1. The molecule has 7 nitrogen and oxygen atoms in total. The Morgan fingerprint density at radius 3 is 2.92 bits per heavy atom. The SMILES string of the molecule is CC(C)=CC(=O)N1CCN(Cc2ccc(-c3ccn[nH]3)o2)C[C@H](O)C1. The average molecular weight is 344 g/mol. The third-order valence-electron chi connectivity index (χ3n) is 4.12. The number of nitrogens with zero attached hydrogens (tertiary/aromatic N) is 3. The maximum absolute atomic E-state index is 12.2. The van der Waals surface area contributed by atoms with Crippen LogP contribution >= 0.6 is 0 Å². The quantitative estimate of drug-likeness (QED) is 0.824. The van der Waals surface area contributed by atoms with Gasteiger partial charge in [-0.05, 0) is 32.0 Å². The first-order valence-electron chi connectivity index (χ1n) is 8.44. The highest BCUT2D eigenvalue weighted by molar-refractivity contribution is 5.88. The van der Waals surface area contributed by atoms with E-state index in [1.807, 2.05) is 32.0 Å². The van der Waals surface area contributed by atoms with E-state index in [1.54, 1.807) is 17.2 Å². The first-order valence-corrected chi connectivity index (χ1v) is 8.44. The second-order valence-electron chi connectivity index (χ2n) is 6.63. The molecule has 25 heavy (non-hydrogen) atoms. The predicted octanol–water partition coefficient (Wildman–Crippen LogP) is 1.64. The molecule has 1 fully saturated rings. The number of β-amino-alcohol motifs (C(OH)–C–C–N with tert-alkyl or cyclic N) is 1. The zero-order valence-corrected chi connectivity index (χ0v) is 14.6. The molecule has 0 spiro atoms. The van der Waals surface area contributed by atoms with Crippen LogP contribution in [-0.4, -0.2) is 63.3 Å². The minimum absolute atomic E-state index is 0.0413. The summed E-state index contributed by atoms with van der Waals surface area (Å²) in [5, 5.41) is 17.0. The molecule has 2 aromatic rings. The minimum atomic E-state index is -0.570. The standard InChI is InChI=1S/C18H24N4O3/c1-13(2)9-18(24)22-8-7-21(10-14(23)11-22)12-15-3-4-17(25-15)16-5-6-19-20-16/h3-6,9,14,23H,7-8,10-12H2,1-2H3,(H,19,20)/t14-/m0/s1. The molecular weight excluding hydrogens is 320 g/mol. The van der Waals surface area contributed by atoms with Crippen molar-refractivity contribution in [2.24, 2.45) is 0 Å². The lowest BCUT2D eigenvalue weighted by Gasteiger charge is -2.20. The van der Waals surface area contributed by atoms with Crippen LogP contribution < -0.4 is 0 Å². The van der Waals surface area contributed by atoms with E-state index in [4.69, 9.17) is 4.42 Å². The normalized spacial score (nSPS) is 18.8. The molecule has 7 heteroatoms. The zero-order valence-electron chi connectivity index (χ0n) is 14.6. The largest absolute Gasteiger partial charge is 0.458 e. The van der Waals surface area contributed by atoms with E-state index in [9.17, 15) is 9.90 Å². The minimum Gasteiger partial charge on any atom is -0.458 e. The summed E-state index contributed by atoms with van der Waals surface area (Å²) < 4.78 is 5.85. The van der Waals surface area contributed by atoms with E-state index in [0.29, 0.717) is 32.7 Å². The fraction of sp³-hybridized carbons (Fsp3) is 0.444. The topological polar surface area (TPSA) is 85.6 Å². The monoisotopic (exact) mass is 344 g/mol. The van der Waals surface area contributed by atoms with Gasteiger partial charge < -0.3 is 14.4 Å². The number of nitrogens with one attached hydrogen (secondary N) is 1. The average Bonchev–Trinajstić information content (AvgIpc) is 3.17. The Bertz CT molecular complexity index is 731. The summed E-state index contributed by atoms with van der Waals surface area (Å²) in [6, 6.07) is 5.69. The molecule has 0 unspecified atom stereocenters. The molecular formula is C18H24N4O3. The Kier molecular flexibility index (Phi) is 5.35. The van der Waals surface area contributed by atoms with Crippen molar-refractivity contribution in [3.8, 4) is 11.5 Å². The highest BCUT2D eigenvalue weighted by Crippen LogP contribution is 2.21. The van der Waals surface area contributed by atoms with Crippen molar-refractivity contribution < 1.29 is 14.3 Å². The van der Waals surface area contributed by atoms with Crippen molar-refractivity contribution in [3.63, 3.8) is 0 Å². The first-order chi connectivity index (χ1) is 12.0. The fourth-order valence-electron chi connectivity index (χ4n) is 2.96. The maximum atomic E-state index is 12.2. The van der Waals surface area contributed by atoms with Crippen molar-refractivity contribution in [2.45, 2.75) is 26.5 Å². The van der Waals surface area contributed by atoms with Crippen LogP contribution in [0.3, 0.4) is 0 Å². The summed E-state index contributed by atoms with van der Waals surface area (Å²) in [6.07, 6.45) is 2.73. The van der Waals surface area contributed by atoms with Crippen LogP contribution in [-0.2, 0) is 11.3 Å². The number of H-pyrrole nitrogens is 1. The number of allylic oxidation sites excluding steroid dienone is 1. The molecule has 2 aromatic heterocycles. The van der Waals surface area contributed by atoms with Crippen LogP contribution in [0.2, 0.25) is 0 Å². The molecule has 0 aromatic carbocycles. The lowest BCUT2D eigenvalue weighted by atomic mass is 10.2. The number of furan rings is 1. The second kappa shape index (κ2) is 7.67. The Balaban J connectivity index is 1.62. The van der Waals surface area contributed by atoms with E-state index >= 15 is 0 Å². The molecule has 0 radical (unpaired) electrons. The molecule has 0 saturated carbocycles. The van der Waals surface area contributed by atoms with Gasteiger partial charge in [0.15, 0.2) is 5.76 Å². The molecule has 3 rings (SSSR count). The zero-order chi connectivity index (χ0) is 17.8. The van der Waals surface area contributed by atoms with Crippen LogP contribution in [0.1, 0.15) is 19.6 Å². The van der Waals surface area contributed by atoms with Crippen molar-refractivity contribution in [2.75, 3.05) is 26.2 Å². The second-order valence-corrected chi connectivity index (χ2v) is 6.63. The molecule has 3 heterocycles. The van der Waals surface area contributed by atoms with E-state index in [1.165, 1.54) is 0 Å². The number of aromatic nitrogens is 2. The van der Waals surface area contributed by atoms with Gasteiger partial charge in [0.05, 0.1) is 12.6 Å². The van der Waals surface area contributed by atoms with E-state index in [2.05, 4.69) is 15.1 Å². The van der Waals surface area contributed by atoms with Gasteiger partial charge in [-0.3, -0.25) is 14.8 Å². The lowest BCUT2D eigenvalue weighted by molar-refractivity contribution is -0.126. The van der Waals surface area contributed by atoms with Gasteiger partial charge >= 0.3 is 0 Å². The molecule has 1 amide bonds. The molecule has 1 saturated heterocycles. The fourth-order valence-corrected chi connectivity index (χ4v) is 2.96. The molecule has 1 aliphatic rings. The summed E-state index contributed by atoms with van der Waals surface area (Å²) in [4.78, 5) is 16.0. The van der Waals surface area contributed by atoms with Gasteiger partial charge in [-0.1, -0.05) is 5.57 Å². The van der Waals surface area contributed by atoms with Crippen molar-refractivity contribution in [1.29, 1.82) is 0 Å². The van der Waals surface area contributed by atoms with Gasteiger partial charge in [0, 0.05) is 38.5 Å². The Morgan fingerprint density at radius 1 is 1.36 bits per heavy atom. The molecule has 0 bridgehead atoms. The number of carbonyl (C=O) groups is 1. The number of carbonyl (C=O) groups excluding carboxylic acids is 1. The predicted molar refractivity (Wildman–Crippen MR) is 93.6 cm³/mol. The third-order valence-corrected chi connectivity index (χ3v) is 4.12. The van der Waals surface area contributed by atoms with Gasteiger partial charge in [-0.2, -0.15) is 5.10 Å². The van der Waals surface area contributed by atoms with Crippen LogP contribution in [0.25, 0.3) is 11.5 Å². The van der Waals surface area contributed by atoms with E-state index < -0.39 is 6.10 Å². The number of aromatic amines is 1. The molecule has 134 valence electrons. The molecule has 2 N–H and O–H groups in total. The van der Waals surface area contributed by atoms with E-state index in [0.717, 1.165) is 22.8 Å². The summed E-state index contributed by atoms with van der Waals surface area (Å²) in [7, 11) is 0. The number of hydrogen-bond acceptors (Lipinski definition) is 5. The van der Waals surface area contributed by atoms with Gasteiger partial charge in [0.25, 0.3) is 0 Å². The van der Waals surface area contributed by atoms with Gasteiger partial charge in [-0.15, -0.1) is 0 Å². The van der Waals surface area contributed by atoms with Crippen LogP contribution in [0.4, 0.5) is 0 Å². The Labute approximate surface area is 146 Å². The van der Waals surface area contributed by atoms with Crippen molar-refractivity contribution in [3.05, 3.63) is 41.8 Å². The number of hydrogen-bond donors (Lipinski definition) is 2. The third kappa shape index (κ3) is 4.58. The van der Waals surface area contributed by atoms with Gasteiger partial charge in [-0.25, -0.2) is 0 Å². The maximum Gasteiger partial charge on any atom is 0.246 e. The van der Waals surface area contributed by atoms with Crippen LogP contribution in [0.5, 0.6) is 0 Å². The highest BCUT2D eigenvalue weighted by atomic mass is 16.3. The molecule has 0 aliphatic carbocycles. The Hall–Kier alpha value is -2.38.